The number of methoxy groups -OCH3 is 1. The quantitative estimate of drug-likeness (QED) is 0.576. The van der Waals surface area contributed by atoms with Crippen LogP contribution in [0.2, 0.25) is 0 Å². The maximum atomic E-state index is 12.0. The van der Waals surface area contributed by atoms with Gasteiger partial charge in [0, 0.05) is 11.6 Å². The molecule has 2 aromatic carbocycles. The Bertz CT molecular complexity index is 569. The molecular weight excluding hydrogens is 304 g/mol. The molecule has 0 aliphatic rings. The zero-order valence-electron chi connectivity index (χ0n) is 11.8. The van der Waals surface area contributed by atoms with E-state index in [2.05, 4.69) is 0 Å². The average Bonchev–Trinajstić information content (AvgIpc) is 2.56. The largest absolute Gasteiger partial charge is 0.468 e. The van der Waals surface area contributed by atoms with Crippen LogP contribution in [0.4, 0.5) is 0 Å². The molecule has 0 aromatic heterocycles. The van der Waals surface area contributed by atoms with Crippen LogP contribution in [0, 0.1) is 0 Å². The second-order valence-electron chi connectivity index (χ2n) is 4.58. The van der Waals surface area contributed by atoms with Crippen LogP contribution in [0.1, 0.15) is 21.9 Å². The summed E-state index contributed by atoms with van der Waals surface area (Å²) in [6, 6.07) is 17.8. The number of carbonyl (C=O) groups excluding carboxylic acids is 1. The second-order valence-corrected chi connectivity index (χ2v) is 5.94. The highest BCUT2D eigenvalue weighted by molar-refractivity contribution is 7.99. The van der Waals surface area contributed by atoms with Crippen molar-refractivity contribution in [3.05, 3.63) is 71.3 Å². The summed E-state index contributed by atoms with van der Waals surface area (Å²) in [7, 11) is 1.42. The van der Waals surface area contributed by atoms with Gasteiger partial charge in [-0.2, -0.15) is 0 Å². The second kappa shape index (κ2) is 8.11. The molecule has 0 radical (unpaired) electrons. The van der Waals surface area contributed by atoms with Crippen LogP contribution < -0.4 is 0 Å². The molecule has 2 nitrogen and oxygen atoms in total. The van der Waals surface area contributed by atoms with Crippen LogP contribution in [0.15, 0.2) is 54.6 Å². The molecule has 2 aromatic rings. The number of esters is 1. The third kappa shape index (κ3) is 4.51. The molecule has 0 saturated carbocycles. The minimum Gasteiger partial charge on any atom is -0.468 e. The van der Waals surface area contributed by atoms with Gasteiger partial charge in [-0.3, -0.25) is 4.79 Å². The van der Waals surface area contributed by atoms with Gasteiger partial charge in [0.2, 0.25) is 0 Å². The van der Waals surface area contributed by atoms with Gasteiger partial charge < -0.3 is 4.74 Å². The molecule has 1 unspecified atom stereocenters. The molecule has 0 N–H and O–H groups in total. The van der Waals surface area contributed by atoms with Gasteiger partial charge >= 0.3 is 5.97 Å². The van der Waals surface area contributed by atoms with Crippen LogP contribution in [0.25, 0.3) is 0 Å². The fourth-order valence-electron chi connectivity index (χ4n) is 1.94. The van der Waals surface area contributed by atoms with E-state index in [9.17, 15) is 4.79 Å². The van der Waals surface area contributed by atoms with Crippen LogP contribution in [-0.2, 0) is 21.2 Å². The fraction of sp³-hybridized carbons (Fsp3) is 0.235. The van der Waals surface area contributed by atoms with Crippen LogP contribution >= 0.6 is 23.4 Å². The van der Waals surface area contributed by atoms with E-state index >= 15 is 0 Å². The van der Waals surface area contributed by atoms with Gasteiger partial charge in [0.05, 0.1) is 7.11 Å². The molecule has 0 amide bonds. The smallest absolute Gasteiger partial charge is 0.323 e. The number of rotatable bonds is 6. The summed E-state index contributed by atoms with van der Waals surface area (Å²) in [4.78, 5) is 12.0. The van der Waals surface area contributed by atoms with Gasteiger partial charge in [-0.05, 0) is 16.7 Å². The minimum atomic E-state index is -0.302. The van der Waals surface area contributed by atoms with Crippen molar-refractivity contribution in [2.24, 2.45) is 0 Å². The molecule has 1 atom stereocenters. The first kappa shape index (κ1) is 15.9. The van der Waals surface area contributed by atoms with Crippen LogP contribution in [0.3, 0.4) is 0 Å². The van der Waals surface area contributed by atoms with E-state index in [1.54, 1.807) is 11.8 Å². The number of halogens is 1. The Morgan fingerprint density at radius 3 is 2.29 bits per heavy atom. The number of ether oxygens (including phenoxy) is 1. The Morgan fingerprint density at radius 2 is 1.71 bits per heavy atom. The predicted molar refractivity (Wildman–Crippen MR) is 88.5 cm³/mol. The molecule has 0 spiro atoms. The van der Waals surface area contributed by atoms with Gasteiger partial charge in [-0.1, -0.05) is 54.6 Å². The molecule has 110 valence electrons. The van der Waals surface area contributed by atoms with E-state index in [0.717, 1.165) is 16.9 Å². The molecular formula is C17H17ClO2S. The van der Waals surface area contributed by atoms with E-state index in [0.29, 0.717) is 5.88 Å². The Labute approximate surface area is 134 Å². The Morgan fingerprint density at radius 1 is 1.10 bits per heavy atom. The highest BCUT2D eigenvalue weighted by Crippen LogP contribution is 2.32. The first-order chi connectivity index (χ1) is 10.2. The zero-order chi connectivity index (χ0) is 15.1. The molecule has 0 saturated heterocycles. The lowest BCUT2D eigenvalue weighted by Gasteiger charge is -2.14. The van der Waals surface area contributed by atoms with E-state index in [4.69, 9.17) is 16.3 Å². The van der Waals surface area contributed by atoms with Gasteiger partial charge in [0.25, 0.3) is 0 Å². The summed E-state index contributed by atoms with van der Waals surface area (Å²) < 4.78 is 4.91. The van der Waals surface area contributed by atoms with Gasteiger partial charge in [0.15, 0.2) is 0 Å². The maximum absolute atomic E-state index is 12.0. The number of carbonyl (C=O) groups is 1. The summed E-state index contributed by atoms with van der Waals surface area (Å²) in [5.74, 6) is 1.04. The lowest BCUT2D eigenvalue weighted by atomic mass is 10.1. The normalized spacial score (nSPS) is 11.9. The van der Waals surface area contributed by atoms with Crippen molar-refractivity contribution in [2.45, 2.75) is 16.9 Å². The topological polar surface area (TPSA) is 26.3 Å². The summed E-state index contributed by atoms with van der Waals surface area (Å²) in [6.45, 7) is 0. The highest BCUT2D eigenvalue weighted by atomic mass is 35.5. The standard InChI is InChI=1S/C17H17ClO2S/c1-20-17(19)16(15-5-3-2-4-6-15)21-12-14-9-7-13(11-18)8-10-14/h2-10,16H,11-12H2,1H3. The average molecular weight is 321 g/mol. The summed E-state index contributed by atoms with van der Waals surface area (Å²) in [5, 5.41) is -0.302. The van der Waals surface area contributed by atoms with Crippen molar-refractivity contribution < 1.29 is 9.53 Å². The molecule has 2 rings (SSSR count). The molecule has 0 bridgehead atoms. The molecule has 0 aliphatic carbocycles. The van der Waals surface area contributed by atoms with Gasteiger partial charge in [0.1, 0.15) is 5.25 Å². The first-order valence-corrected chi connectivity index (χ1v) is 8.21. The van der Waals surface area contributed by atoms with Crippen molar-refractivity contribution in [3.63, 3.8) is 0 Å². The van der Waals surface area contributed by atoms with E-state index in [1.165, 1.54) is 12.7 Å². The third-order valence-electron chi connectivity index (χ3n) is 3.11. The van der Waals surface area contributed by atoms with Crippen LogP contribution in [0.5, 0.6) is 0 Å². The van der Waals surface area contributed by atoms with Crippen molar-refractivity contribution in [2.75, 3.05) is 7.11 Å². The SMILES string of the molecule is COC(=O)C(SCc1ccc(CCl)cc1)c1ccccc1. The van der Waals surface area contributed by atoms with E-state index in [-0.39, 0.29) is 11.2 Å². The third-order valence-corrected chi connectivity index (χ3v) is 4.72. The molecule has 0 aliphatic heterocycles. The van der Waals surface area contributed by atoms with Crippen molar-refractivity contribution in [3.8, 4) is 0 Å². The van der Waals surface area contributed by atoms with Gasteiger partial charge in [-0.15, -0.1) is 23.4 Å². The molecule has 4 heteroatoms. The zero-order valence-corrected chi connectivity index (χ0v) is 13.4. The molecule has 0 heterocycles. The van der Waals surface area contributed by atoms with Gasteiger partial charge in [-0.25, -0.2) is 0 Å². The number of benzene rings is 2. The summed E-state index contributed by atoms with van der Waals surface area (Å²) >= 11 is 7.35. The lowest BCUT2D eigenvalue weighted by Crippen LogP contribution is -2.11. The predicted octanol–water partition coefficient (Wildman–Crippen LogP) is 4.57. The fourth-order valence-corrected chi connectivity index (χ4v) is 3.25. The number of hydrogen-bond acceptors (Lipinski definition) is 3. The van der Waals surface area contributed by atoms with Crippen molar-refractivity contribution in [1.29, 1.82) is 0 Å². The monoisotopic (exact) mass is 320 g/mol. The maximum Gasteiger partial charge on any atom is 0.323 e. The Balaban J connectivity index is 2.07. The Kier molecular flexibility index (Phi) is 6.15. The van der Waals surface area contributed by atoms with E-state index < -0.39 is 0 Å². The first-order valence-electron chi connectivity index (χ1n) is 6.62. The van der Waals surface area contributed by atoms with Crippen molar-refractivity contribution in [1.82, 2.24) is 0 Å². The molecule has 0 fully saturated rings. The van der Waals surface area contributed by atoms with Crippen molar-refractivity contribution >= 4 is 29.3 Å². The van der Waals surface area contributed by atoms with Crippen LogP contribution in [-0.4, -0.2) is 13.1 Å². The minimum absolute atomic E-state index is 0.219. The number of thioether (sulfide) groups is 1. The molecule has 21 heavy (non-hydrogen) atoms. The van der Waals surface area contributed by atoms with E-state index in [1.807, 2.05) is 54.6 Å². The highest BCUT2D eigenvalue weighted by Gasteiger charge is 2.21. The Hall–Kier alpha value is -1.45. The lowest BCUT2D eigenvalue weighted by molar-refractivity contribution is -0.140. The number of hydrogen-bond donors (Lipinski definition) is 0. The summed E-state index contributed by atoms with van der Waals surface area (Å²) in [5.41, 5.74) is 3.23. The summed E-state index contributed by atoms with van der Waals surface area (Å²) in [6.07, 6.45) is 0. The number of alkyl halides is 1.